The molecule has 8 nitrogen and oxygen atoms in total. The lowest BCUT2D eigenvalue weighted by Crippen LogP contribution is -2.23. The van der Waals surface area contributed by atoms with Crippen molar-refractivity contribution in [3.63, 3.8) is 0 Å². The van der Waals surface area contributed by atoms with Crippen molar-refractivity contribution in [2.24, 2.45) is 0 Å². The monoisotopic (exact) mass is 417 g/mol. The first-order valence-electron chi connectivity index (χ1n) is 9.97. The van der Waals surface area contributed by atoms with E-state index in [1.54, 1.807) is 19.6 Å². The molecule has 1 N–H and O–H groups in total. The number of aryl methyl sites for hydroxylation is 1. The highest BCUT2D eigenvalue weighted by molar-refractivity contribution is 5.76. The van der Waals surface area contributed by atoms with E-state index in [-0.39, 0.29) is 12.3 Å². The number of ether oxygens (including phenoxy) is 1. The number of rotatable bonds is 9. The summed E-state index contributed by atoms with van der Waals surface area (Å²) in [5.74, 6) is 1.62. The Morgan fingerprint density at radius 2 is 1.94 bits per heavy atom. The Hall–Kier alpha value is -3.94. The normalized spacial score (nSPS) is 10.7. The molecule has 0 bridgehead atoms. The molecule has 31 heavy (non-hydrogen) atoms. The first kappa shape index (κ1) is 20.3. The van der Waals surface area contributed by atoms with Gasteiger partial charge in [-0.3, -0.25) is 4.79 Å². The van der Waals surface area contributed by atoms with Crippen molar-refractivity contribution in [2.75, 3.05) is 7.11 Å². The maximum atomic E-state index is 12.3. The molecule has 2 heterocycles. The number of carbonyl (C=O) groups excluding carboxylic acids is 1. The average molecular weight is 417 g/mol. The molecule has 0 saturated heterocycles. The van der Waals surface area contributed by atoms with Gasteiger partial charge in [0, 0.05) is 43.9 Å². The number of nitrogens with zero attached hydrogens (tertiary/aromatic N) is 4. The van der Waals surface area contributed by atoms with Crippen molar-refractivity contribution >= 4 is 5.91 Å². The zero-order chi connectivity index (χ0) is 21.5. The summed E-state index contributed by atoms with van der Waals surface area (Å²) in [5, 5.41) is 6.97. The number of hydrogen-bond acceptors (Lipinski definition) is 6. The van der Waals surface area contributed by atoms with Crippen molar-refractivity contribution in [2.45, 2.75) is 25.9 Å². The third-order valence-corrected chi connectivity index (χ3v) is 4.89. The van der Waals surface area contributed by atoms with Gasteiger partial charge in [0.05, 0.1) is 13.4 Å². The molecule has 158 valence electrons. The van der Waals surface area contributed by atoms with Crippen LogP contribution < -0.4 is 10.1 Å². The molecule has 1 amide bonds. The lowest BCUT2D eigenvalue weighted by molar-refractivity contribution is -0.121. The molecule has 0 aliphatic heterocycles. The minimum absolute atomic E-state index is 0.0679. The lowest BCUT2D eigenvalue weighted by atomic mass is 10.1. The predicted octanol–water partition coefficient (Wildman–Crippen LogP) is 3.24. The quantitative estimate of drug-likeness (QED) is 0.449. The Balaban J connectivity index is 1.29. The van der Waals surface area contributed by atoms with Gasteiger partial charge in [0.15, 0.2) is 0 Å². The molecule has 0 fully saturated rings. The lowest BCUT2D eigenvalue weighted by Gasteiger charge is -2.11. The Labute approximate surface area is 179 Å². The van der Waals surface area contributed by atoms with Crippen molar-refractivity contribution < 1.29 is 14.1 Å². The van der Waals surface area contributed by atoms with Gasteiger partial charge in [-0.05, 0) is 35.4 Å². The smallest absolute Gasteiger partial charge is 0.227 e. The Bertz CT molecular complexity index is 1120. The minimum atomic E-state index is -0.0679. The van der Waals surface area contributed by atoms with E-state index in [1.807, 2.05) is 53.2 Å². The van der Waals surface area contributed by atoms with Crippen molar-refractivity contribution in [1.29, 1.82) is 0 Å². The third kappa shape index (κ3) is 5.36. The van der Waals surface area contributed by atoms with Crippen LogP contribution in [-0.4, -0.2) is 32.7 Å². The highest BCUT2D eigenvalue weighted by Crippen LogP contribution is 2.20. The maximum Gasteiger partial charge on any atom is 0.227 e. The van der Waals surface area contributed by atoms with Crippen LogP contribution in [0.1, 0.15) is 23.4 Å². The number of benzene rings is 2. The zero-order valence-electron chi connectivity index (χ0n) is 17.2. The summed E-state index contributed by atoms with van der Waals surface area (Å²) in [6, 6.07) is 15.4. The number of hydrogen-bond donors (Lipinski definition) is 1. The van der Waals surface area contributed by atoms with Crippen LogP contribution in [0, 0.1) is 0 Å². The van der Waals surface area contributed by atoms with Crippen molar-refractivity contribution in [3.8, 4) is 17.1 Å². The molecular formula is C23H23N5O3. The number of amides is 1. The van der Waals surface area contributed by atoms with E-state index in [0.717, 1.165) is 22.4 Å². The van der Waals surface area contributed by atoms with Crippen LogP contribution in [0.25, 0.3) is 11.4 Å². The maximum absolute atomic E-state index is 12.3. The number of nitrogens with one attached hydrogen (secondary N) is 1. The Morgan fingerprint density at radius 1 is 1.13 bits per heavy atom. The Morgan fingerprint density at radius 3 is 2.68 bits per heavy atom. The van der Waals surface area contributed by atoms with Crippen LogP contribution in [0.4, 0.5) is 0 Å². The molecular weight excluding hydrogens is 394 g/mol. The van der Waals surface area contributed by atoms with Gasteiger partial charge in [0.1, 0.15) is 5.75 Å². The van der Waals surface area contributed by atoms with Crippen molar-refractivity contribution in [1.82, 2.24) is 25.0 Å². The van der Waals surface area contributed by atoms with E-state index in [2.05, 4.69) is 26.5 Å². The highest BCUT2D eigenvalue weighted by Gasteiger charge is 2.11. The van der Waals surface area contributed by atoms with Gasteiger partial charge >= 0.3 is 0 Å². The van der Waals surface area contributed by atoms with E-state index in [9.17, 15) is 4.79 Å². The summed E-state index contributed by atoms with van der Waals surface area (Å²) in [7, 11) is 1.62. The molecule has 0 atom stereocenters. The standard InChI is InChI=1S/C23H23N5O3/c1-30-20-8-6-17(7-9-20)23-26-22(31-27-23)11-10-21(29)25-14-18-4-2-3-5-19(18)15-28-13-12-24-16-28/h2-9,12-13,16H,10-11,14-15H2,1H3,(H,25,29). The summed E-state index contributed by atoms with van der Waals surface area (Å²) in [6.07, 6.45) is 6.10. The summed E-state index contributed by atoms with van der Waals surface area (Å²) in [5.41, 5.74) is 3.04. The molecule has 4 rings (SSSR count). The van der Waals surface area contributed by atoms with E-state index >= 15 is 0 Å². The van der Waals surface area contributed by atoms with Gasteiger partial charge in [-0.1, -0.05) is 29.4 Å². The predicted molar refractivity (Wildman–Crippen MR) is 114 cm³/mol. The average Bonchev–Trinajstić information content (AvgIpc) is 3.49. The molecule has 0 aliphatic carbocycles. The molecule has 2 aromatic carbocycles. The van der Waals surface area contributed by atoms with E-state index in [4.69, 9.17) is 9.26 Å². The van der Waals surface area contributed by atoms with Gasteiger partial charge in [0.2, 0.25) is 17.6 Å². The SMILES string of the molecule is COc1ccc(-c2noc(CCC(=O)NCc3ccccc3Cn3ccnc3)n2)cc1. The van der Waals surface area contributed by atoms with Crippen LogP contribution in [0.5, 0.6) is 5.75 Å². The van der Waals surface area contributed by atoms with Crippen LogP contribution in [0.15, 0.2) is 71.8 Å². The van der Waals surface area contributed by atoms with Crippen LogP contribution in [0.2, 0.25) is 0 Å². The molecule has 4 aromatic rings. The van der Waals surface area contributed by atoms with Crippen LogP contribution >= 0.6 is 0 Å². The van der Waals surface area contributed by atoms with Gasteiger partial charge in [0.25, 0.3) is 0 Å². The molecule has 0 spiro atoms. The van der Waals surface area contributed by atoms with E-state index in [0.29, 0.717) is 31.2 Å². The second-order valence-electron chi connectivity index (χ2n) is 7.02. The molecule has 0 radical (unpaired) electrons. The molecule has 0 aliphatic rings. The minimum Gasteiger partial charge on any atom is -0.497 e. The fourth-order valence-electron chi connectivity index (χ4n) is 3.18. The number of aromatic nitrogens is 4. The Kier molecular flexibility index (Phi) is 6.37. The summed E-state index contributed by atoms with van der Waals surface area (Å²) in [4.78, 5) is 20.8. The summed E-state index contributed by atoms with van der Waals surface area (Å²) in [6.45, 7) is 1.17. The van der Waals surface area contributed by atoms with E-state index in [1.165, 1.54) is 0 Å². The topological polar surface area (TPSA) is 95.1 Å². The highest BCUT2D eigenvalue weighted by atomic mass is 16.5. The summed E-state index contributed by atoms with van der Waals surface area (Å²) >= 11 is 0. The fraction of sp³-hybridized carbons (Fsp3) is 0.217. The molecule has 0 unspecified atom stereocenters. The number of carbonyl (C=O) groups is 1. The molecule has 8 heteroatoms. The second-order valence-corrected chi connectivity index (χ2v) is 7.02. The zero-order valence-corrected chi connectivity index (χ0v) is 17.2. The van der Waals surface area contributed by atoms with Gasteiger partial charge in [-0.15, -0.1) is 0 Å². The second kappa shape index (κ2) is 9.71. The first-order valence-corrected chi connectivity index (χ1v) is 9.97. The largest absolute Gasteiger partial charge is 0.497 e. The molecule has 0 saturated carbocycles. The molecule has 2 aromatic heterocycles. The van der Waals surface area contributed by atoms with E-state index < -0.39 is 0 Å². The van der Waals surface area contributed by atoms with Crippen molar-refractivity contribution in [3.05, 3.63) is 84.3 Å². The van der Waals surface area contributed by atoms with Gasteiger partial charge < -0.3 is 19.1 Å². The van der Waals surface area contributed by atoms with Crippen LogP contribution in [0.3, 0.4) is 0 Å². The fourth-order valence-corrected chi connectivity index (χ4v) is 3.18. The first-order chi connectivity index (χ1) is 15.2. The summed E-state index contributed by atoms with van der Waals surface area (Å²) < 4.78 is 12.4. The number of imidazole rings is 1. The van der Waals surface area contributed by atoms with Crippen LogP contribution in [-0.2, 0) is 24.3 Å². The number of methoxy groups -OCH3 is 1. The van der Waals surface area contributed by atoms with Gasteiger partial charge in [-0.25, -0.2) is 4.98 Å². The van der Waals surface area contributed by atoms with Gasteiger partial charge in [-0.2, -0.15) is 4.98 Å². The third-order valence-electron chi connectivity index (χ3n) is 4.89.